The van der Waals surface area contributed by atoms with Gasteiger partial charge < -0.3 is 8.92 Å². The fourth-order valence-electron chi connectivity index (χ4n) is 2.79. The topological polar surface area (TPSA) is 65.0 Å². The van der Waals surface area contributed by atoms with Crippen LogP contribution in [0.1, 0.15) is 23.6 Å². The van der Waals surface area contributed by atoms with Crippen LogP contribution in [-0.4, -0.2) is 21.2 Å². The first-order valence-electron chi connectivity index (χ1n) is 9.27. The van der Waals surface area contributed by atoms with Crippen LogP contribution < -0.4 is 8.92 Å². The second kappa shape index (κ2) is 8.92. The summed E-state index contributed by atoms with van der Waals surface area (Å²) >= 11 is 0. The van der Waals surface area contributed by atoms with Crippen molar-refractivity contribution in [3.63, 3.8) is 0 Å². The van der Waals surface area contributed by atoms with Gasteiger partial charge in [-0.15, -0.1) is 0 Å². The third kappa shape index (κ3) is 5.23. The molecule has 0 radical (unpaired) electrons. The molecule has 3 aromatic carbocycles. The molecule has 150 valence electrons. The minimum Gasteiger partial charge on any atom is -0.490 e. The predicted molar refractivity (Wildman–Crippen MR) is 115 cm³/mol. The van der Waals surface area contributed by atoms with Crippen LogP contribution in [0.25, 0.3) is 0 Å². The smallest absolute Gasteiger partial charge is 0.339 e. The molecule has 29 heavy (non-hydrogen) atoms. The van der Waals surface area contributed by atoms with Crippen LogP contribution in [0.2, 0.25) is 0 Å². The molecule has 0 aromatic heterocycles. The van der Waals surface area contributed by atoms with Crippen LogP contribution in [0.15, 0.2) is 76.6 Å². The van der Waals surface area contributed by atoms with Crippen LogP contribution in [0.4, 0.5) is 5.69 Å². The first kappa shape index (κ1) is 20.6. The van der Waals surface area contributed by atoms with Crippen molar-refractivity contribution in [2.45, 2.75) is 25.7 Å². The molecule has 0 atom stereocenters. The molecule has 0 aliphatic rings. The minimum atomic E-state index is -3.95. The molecule has 0 amide bonds. The van der Waals surface area contributed by atoms with Crippen LogP contribution >= 0.6 is 0 Å². The fourth-order valence-corrected chi connectivity index (χ4v) is 3.75. The summed E-state index contributed by atoms with van der Waals surface area (Å²) in [6, 6.07) is 19.1. The van der Waals surface area contributed by atoms with E-state index in [9.17, 15) is 8.42 Å². The van der Waals surface area contributed by atoms with Gasteiger partial charge >= 0.3 is 10.1 Å². The third-order valence-electron chi connectivity index (χ3n) is 4.20. The number of hydrogen-bond acceptors (Lipinski definition) is 5. The number of benzene rings is 3. The van der Waals surface area contributed by atoms with E-state index in [1.165, 1.54) is 17.7 Å². The van der Waals surface area contributed by atoms with Gasteiger partial charge in [0, 0.05) is 6.21 Å². The summed E-state index contributed by atoms with van der Waals surface area (Å²) in [6.45, 7) is 6.25. The first-order chi connectivity index (χ1) is 13.9. The third-order valence-corrected chi connectivity index (χ3v) is 5.45. The van der Waals surface area contributed by atoms with Crippen LogP contribution in [0.5, 0.6) is 11.5 Å². The molecule has 0 fully saturated rings. The van der Waals surface area contributed by atoms with Crippen molar-refractivity contribution in [3.05, 3.63) is 83.4 Å². The molecule has 0 unspecified atom stereocenters. The summed E-state index contributed by atoms with van der Waals surface area (Å²) in [6.07, 6.45) is 1.72. The number of aliphatic imine (C=N–C) groups is 1. The van der Waals surface area contributed by atoms with Gasteiger partial charge in [0.2, 0.25) is 0 Å². The Kier molecular flexibility index (Phi) is 6.34. The Morgan fingerprint density at radius 2 is 1.69 bits per heavy atom. The van der Waals surface area contributed by atoms with Crippen molar-refractivity contribution < 1.29 is 17.3 Å². The Balaban J connectivity index is 1.88. The van der Waals surface area contributed by atoms with E-state index in [1.807, 2.05) is 32.9 Å². The Labute approximate surface area is 171 Å². The highest BCUT2D eigenvalue weighted by Gasteiger charge is 2.19. The van der Waals surface area contributed by atoms with E-state index in [0.717, 1.165) is 16.8 Å². The summed E-state index contributed by atoms with van der Waals surface area (Å²) in [4.78, 5) is 4.62. The maximum absolute atomic E-state index is 12.5. The van der Waals surface area contributed by atoms with E-state index >= 15 is 0 Å². The Bertz CT molecular complexity index is 1120. The standard InChI is InChI=1S/C23H23NO4S/c1-4-27-23-15-19(16-24-21-12-10-17(2)14-18(21)3)11-13-22(23)28-29(25,26)20-8-6-5-7-9-20/h5-16H,4H2,1-3H3. The number of rotatable bonds is 7. The zero-order chi connectivity index (χ0) is 20.9. The zero-order valence-corrected chi connectivity index (χ0v) is 17.4. The first-order valence-corrected chi connectivity index (χ1v) is 10.7. The van der Waals surface area contributed by atoms with E-state index in [4.69, 9.17) is 8.92 Å². The molecule has 3 aromatic rings. The molecule has 5 nitrogen and oxygen atoms in total. The lowest BCUT2D eigenvalue weighted by Gasteiger charge is -2.12. The minimum absolute atomic E-state index is 0.0860. The molecule has 0 saturated heterocycles. The van der Waals surface area contributed by atoms with Gasteiger partial charge in [-0.25, -0.2) is 0 Å². The molecule has 3 rings (SSSR count). The maximum atomic E-state index is 12.5. The Hall–Kier alpha value is -3.12. The molecule has 0 heterocycles. The number of hydrogen-bond donors (Lipinski definition) is 0. The molecule has 0 spiro atoms. The van der Waals surface area contributed by atoms with Crippen molar-refractivity contribution in [2.24, 2.45) is 4.99 Å². The molecule has 0 bridgehead atoms. The Morgan fingerprint density at radius 3 is 2.38 bits per heavy atom. The largest absolute Gasteiger partial charge is 0.490 e. The van der Waals surface area contributed by atoms with Gasteiger partial charge in [-0.05, 0) is 68.3 Å². The van der Waals surface area contributed by atoms with Gasteiger partial charge in [0.05, 0.1) is 12.3 Å². The van der Waals surface area contributed by atoms with Crippen molar-refractivity contribution in [1.29, 1.82) is 0 Å². The summed E-state index contributed by atoms with van der Waals surface area (Å²) in [5.74, 6) is 0.482. The predicted octanol–water partition coefficient (Wildman–Crippen LogP) is 5.22. The lowest BCUT2D eigenvalue weighted by Crippen LogP contribution is -2.10. The van der Waals surface area contributed by atoms with Gasteiger partial charge in [-0.1, -0.05) is 35.9 Å². The van der Waals surface area contributed by atoms with Crippen LogP contribution in [0, 0.1) is 13.8 Å². The second-order valence-electron chi connectivity index (χ2n) is 6.54. The molecular formula is C23H23NO4S. The van der Waals surface area contributed by atoms with Crippen molar-refractivity contribution >= 4 is 22.0 Å². The van der Waals surface area contributed by atoms with Gasteiger partial charge in [0.25, 0.3) is 0 Å². The molecule has 0 saturated carbocycles. The lowest BCUT2D eigenvalue weighted by atomic mass is 10.1. The number of nitrogens with zero attached hydrogens (tertiary/aromatic N) is 1. The zero-order valence-electron chi connectivity index (χ0n) is 16.6. The molecule has 0 N–H and O–H groups in total. The number of ether oxygens (including phenoxy) is 1. The molecular weight excluding hydrogens is 386 g/mol. The normalized spacial score (nSPS) is 11.6. The van der Waals surface area contributed by atoms with Gasteiger partial charge in [-0.3, -0.25) is 4.99 Å². The van der Waals surface area contributed by atoms with Gasteiger partial charge in [0.15, 0.2) is 11.5 Å². The molecule has 0 aliphatic heterocycles. The highest BCUT2D eigenvalue weighted by molar-refractivity contribution is 7.87. The average Bonchev–Trinajstić information content (AvgIpc) is 2.70. The van der Waals surface area contributed by atoms with Gasteiger partial charge in [0.1, 0.15) is 4.90 Å². The fraction of sp³-hybridized carbons (Fsp3) is 0.174. The summed E-state index contributed by atoms with van der Waals surface area (Å²) < 4.78 is 36.0. The van der Waals surface area contributed by atoms with Gasteiger partial charge in [-0.2, -0.15) is 8.42 Å². The van der Waals surface area contributed by atoms with E-state index in [1.54, 1.807) is 42.6 Å². The van der Waals surface area contributed by atoms with Crippen LogP contribution in [-0.2, 0) is 10.1 Å². The highest BCUT2D eigenvalue weighted by Crippen LogP contribution is 2.31. The van der Waals surface area contributed by atoms with Crippen molar-refractivity contribution in [2.75, 3.05) is 6.61 Å². The molecule has 0 aliphatic carbocycles. The second-order valence-corrected chi connectivity index (χ2v) is 8.08. The van der Waals surface area contributed by atoms with E-state index in [0.29, 0.717) is 12.4 Å². The van der Waals surface area contributed by atoms with E-state index < -0.39 is 10.1 Å². The summed E-state index contributed by atoms with van der Waals surface area (Å²) in [7, 11) is -3.95. The maximum Gasteiger partial charge on any atom is 0.339 e. The van der Waals surface area contributed by atoms with Crippen molar-refractivity contribution in [3.8, 4) is 11.5 Å². The monoisotopic (exact) mass is 409 g/mol. The van der Waals surface area contributed by atoms with E-state index in [2.05, 4.69) is 11.1 Å². The SMILES string of the molecule is CCOc1cc(C=Nc2ccc(C)cc2C)ccc1OS(=O)(=O)c1ccccc1. The Morgan fingerprint density at radius 1 is 0.931 bits per heavy atom. The van der Waals surface area contributed by atoms with Crippen LogP contribution in [0.3, 0.4) is 0 Å². The van der Waals surface area contributed by atoms with E-state index in [-0.39, 0.29) is 10.6 Å². The lowest BCUT2D eigenvalue weighted by molar-refractivity contribution is 0.327. The summed E-state index contributed by atoms with van der Waals surface area (Å²) in [5.41, 5.74) is 3.92. The molecule has 6 heteroatoms. The number of aryl methyl sites for hydroxylation is 2. The summed E-state index contributed by atoms with van der Waals surface area (Å²) in [5, 5.41) is 0. The average molecular weight is 410 g/mol. The quantitative estimate of drug-likeness (QED) is 0.396. The highest BCUT2D eigenvalue weighted by atomic mass is 32.2. The van der Waals surface area contributed by atoms with Crippen molar-refractivity contribution in [1.82, 2.24) is 0 Å².